The summed E-state index contributed by atoms with van der Waals surface area (Å²) < 4.78 is 5.35. The van der Waals surface area contributed by atoms with Crippen molar-refractivity contribution in [3.05, 3.63) is 65.9 Å². The molecular weight excluding hydrogens is 380 g/mol. The number of esters is 1. The molecule has 0 aliphatic carbocycles. The van der Waals surface area contributed by atoms with Crippen LogP contribution < -0.4 is 5.32 Å². The number of thiazole rings is 1. The van der Waals surface area contributed by atoms with Gasteiger partial charge in [-0.3, -0.25) is 4.79 Å². The molecule has 5 heteroatoms. The van der Waals surface area contributed by atoms with E-state index in [4.69, 9.17) is 4.74 Å². The van der Waals surface area contributed by atoms with Gasteiger partial charge in [0.25, 0.3) is 0 Å². The number of hydrogen-bond donors (Lipinski definition) is 1. The lowest BCUT2D eigenvalue weighted by Crippen LogP contribution is -2.44. The molecule has 0 bridgehead atoms. The van der Waals surface area contributed by atoms with Gasteiger partial charge in [-0.1, -0.05) is 62.4 Å². The Morgan fingerprint density at radius 3 is 2.66 bits per heavy atom. The topological polar surface area (TPSA) is 51.2 Å². The maximum Gasteiger partial charge on any atom is 0.310 e. The molecule has 2 heterocycles. The van der Waals surface area contributed by atoms with Gasteiger partial charge in [0.1, 0.15) is 5.01 Å². The number of nitrogens with one attached hydrogen (secondary N) is 1. The molecule has 150 valence electrons. The molecule has 1 aliphatic heterocycles. The fourth-order valence-electron chi connectivity index (χ4n) is 3.25. The van der Waals surface area contributed by atoms with Gasteiger partial charge in [-0.15, -0.1) is 11.3 Å². The average molecular weight is 407 g/mol. The quantitative estimate of drug-likeness (QED) is 0.567. The van der Waals surface area contributed by atoms with E-state index in [-0.39, 0.29) is 5.97 Å². The first kappa shape index (κ1) is 19.8. The molecule has 2 aromatic carbocycles. The van der Waals surface area contributed by atoms with Gasteiger partial charge in [0.15, 0.2) is 0 Å². The zero-order chi connectivity index (χ0) is 20.2. The van der Waals surface area contributed by atoms with E-state index in [2.05, 4.69) is 48.4 Å². The lowest BCUT2D eigenvalue weighted by atomic mass is 10.0. The number of ether oxygens (including phenoxy) is 1. The average Bonchev–Trinajstić information content (AvgIpc) is 3.18. The molecule has 3 aromatic rings. The van der Waals surface area contributed by atoms with E-state index in [1.54, 1.807) is 11.3 Å². The third kappa shape index (κ3) is 4.92. The van der Waals surface area contributed by atoms with Gasteiger partial charge in [-0.25, -0.2) is 4.98 Å². The molecule has 1 saturated heterocycles. The Bertz CT molecular complexity index is 975. The van der Waals surface area contributed by atoms with Crippen molar-refractivity contribution in [3.63, 3.8) is 0 Å². The largest absolute Gasteiger partial charge is 0.465 e. The summed E-state index contributed by atoms with van der Waals surface area (Å²) in [5.74, 6) is 0.819. The van der Waals surface area contributed by atoms with E-state index in [0.717, 1.165) is 29.2 Å². The van der Waals surface area contributed by atoms with Crippen LogP contribution in [0.1, 0.15) is 30.9 Å². The van der Waals surface area contributed by atoms with Crippen molar-refractivity contribution in [2.45, 2.75) is 26.2 Å². The van der Waals surface area contributed by atoms with Gasteiger partial charge in [-0.05, 0) is 22.6 Å². The number of hydrogen-bond acceptors (Lipinski definition) is 5. The molecular formula is C24H26N2O2S. The second-order valence-corrected chi connectivity index (χ2v) is 8.92. The van der Waals surface area contributed by atoms with Gasteiger partial charge in [0.05, 0.1) is 17.9 Å². The summed E-state index contributed by atoms with van der Waals surface area (Å²) in [6.07, 6.45) is 2.26. The summed E-state index contributed by atoms with van der Waals surface area (Å²) in [6.45, 7) is 6.82. The zero-order valence-electron chi connectivity index (χ0n) is 16.9. The summed E-state index contributed by atoms with van der Waals surface area (Å²) >= 11 is 1.69. The van der Waals surface area contributed by atoms with E-state index >= 15 is 0 Å². The smallest absolute Gasteiger partial charge is 0.310 e. The first-order valence-electron chi connectivity index (χ1n) is 10.1. The SMILES string of the molecule is CC(C)c1cccc(-c2cnc(-c3ccc(CC(=O)OCC4CNC4)cc3)s2)c1. The summed E-state index contributed by atoms with van der Waals surface area (Å²) in [5, 5.41) is 4.17. The van der Waals surface area contributed by atoms with Crippen molar-refractivity contribution >= 4 is 17.3 Å². The zero-order valence-corrected chi connectivity index (χ0v) is 17.7. The summed E-state index contributed by atoms with van der Waals surface area (Å²) in [4.78, 5) is 17.8. The minimum atomic E-state index is -0.161. The minimum absolute atomic E-state index is 0.161. The van der Waals surface area contributed by atoms with E-state index in [1.807, 2.05) is 30.5 Å². The third-order valence-corrected chi connectivity index (χ3v) is 6.33. The van der Waals surface area contributed by atoms with Crippen molar-refractivity contribution in [1.29, 1.82) is 0 Å². The van der Waals surface area contributed by atoms with E-state index in [0.29, 0.717) is 24.9 Å². The fraction of sp³-hybridized carbons (Fsp3) is 0.333. The van der Waals surface area contributed by atoms with Crippen LogP contribution in [0.4, 0.5) is 0 Å². The van der Waals surface area contributed by atoms with Crippen LogP contribution in [0, 0.1) is 5.92 Å². The molecule has 0 unspecified atom stereocenters. The fourth-order valence-corrected chi connectivity index (χ4v) is 4.17. The maximum atomic E-state index is 12.0. The molecule has 0 radical (unpaired) electrons. The summed E-state index contributed by atoms with van der Waals surface area (Å²) in [6, 6.07) is 16.7. The molecule has 0 amide bonds. The summed E-state index contributed by atoms with van der Waals surface area (Å²) in [7, 11) is 0. The first-order chi connectivity index (χ1) is 14.1. The normalized spacial score (nSPS) is 14.0. The molecule has 1 fully saturated rings. The molecule has 4 rings (SSSR count). The summed E-state index contributed by atoms with van der Waals surface area (Å²) in [5.41, 5.74) is 4.58. The van der Waals surface area contributed by atoms with Crippen LogP contribution >= 0.6 is 11.3 Å². The Morgan fingerprint density at radius 1 is 1.17 bits per heavy atom. The highest BCUT2D eigenvalue weighted by Crippen LogP contribution is 2.33. The van der Waals surface area contributed by atoms with Crippen molar-refractivity contribution in [1.82, 2.24) is 10.3 Å². The van der Waals surface area contributed by atoms with E-state index in [1.165, 1.54) is 16.0 Å². The van der Waals surface area contributed by atoms with Crippen LogP contribution in [-0.2, 0) is 16.0 Å². The highest BCUT2D eigenvalue weighted by Gasteiger charge is 2.18. The second-order valence-electron chi connectivity index (χ2n) is 7.89. The number of carbonyl (C=O) groups excluding carboxylic acids is 1. The Morgan fingerprint density at radius 2 is 1.97 bits per heavy atom. The molecule has 0 spiro atoms. The van der Waals surface area contributed by atoms with Gasteiger partial charge < -0.3 is 10.1 Å². The lowest BCUT2D eigenvalue weighted by Gasteiger charge is -2.26. The van der Waals surface area contributed by atoms with Crippen molar-refractivity contribution in [3.8, 4) is 21.0 Å². The van der Waals surface area contributed by atoms with Gasteiger partial charge >= 0.3 is 5.97 Å². The number of aromatic nitrogens is 1. The highest BCUT2D eigenvalue weighted by molar-refractivity contribution is 7.18. The van der Waals surface area contributed by atoms with Crippen LogP contribution in [0.15, 0.2) is 54.7 Å². The van der Waals surface area contributed by atoms with Crippen LogP contribution in [0.5, 0.6) is 0 Å². The first-order valence-corrected chi connectivity index (χ1v) is 10.9. The Hall–Kier alpha value is -2.50. The van der Waals surface area contributed by atoms with Crippen LogP contribution in [0.3, 0.4) is 0 Å². The Balaban J connectivity index is 1.40. The van der Waals surface area contributed by atoms with E-state index < -0.39 is 0 Å². The molecule has 0 saturated carbocycles. The highest BCUT2D eigenvalue weighted by atomic mass is 32.1. The number of nitrogens with zero attached hydrogens (tertiary/aromatic N) is 1. The third-order valence-electron chi connectivity index (χ3n) is 5.24. The molecule has 4 nitrogen and oxygen atoms in total. The van der Waals surface area contributed by atoms with Crippen LogP contribution in [-0.4, -0.2) is 30.6 Å². The number of benzene rings is 2. The van der Waals surface area contributed by atoms with Gasteiger partial charge in [0.2, 0.25) is 0 Å². The lowest BCUT2D eigenvalue weighted by molar-refractivity contribution is -0.144. The maximum absolute atomic E-state index is 12.0. The standard InChI is InChI=1S/C24H26N2O2S/c1-16(2)20-4-3-5-21(11-20)22-14-26-24(29-22)19-8-6-17(7-9-19)10-23(27)28-15-18-12-25-13-18/h3-9,11,14,16,18,25H,10,12-13,15H2,1-2H3. The van der Waals surface area contributed by atoms with Crippen LogP contribution in [0.2, 0.25) is 0 Å². The number of rotatable bonds is 7. The second kappa shape index (κ2) is 8.89. The predicted molar refractivity (Wildman–Crippen MR) is 118 cm³/mol. The van der Waals surface area contributed by atoms with Crippen molar-refractivity contribution in [2.24, 2.45) is 5.92 Å². The Labute approximate surface area is 176 Å². The van der Waals surface area contributed by atoms with Crippen molar-refractivity contribution < 1.29 is 9.53 Å². The molecule has 1 N–H and O–H groups in total. The molecule has 1 aromatic heterocycles. The van der Waals surface area contributed by atoms with Crippen LogP contribution in [0.25, 0.3) is 21.0 Å². The Kier molecular flexibility index (Phi) is 6.07. The van der Waals surface area contributed by atoms with Gasteiger partial charge in [-0.2, -0.15) is 0 Å². The molecule has 1 aliphatic rings. The molecule has 0 atom stereocenters. The van der Waals surface area contributed by atoms with Crippen molar-refractivity contribution in [2.75, 3.05) is 19.7 Å². The van der Waals surface area contributed by atoms with Gasteiger partial charge in [0, 0.05) is 30.8 Å². The monoisotopic (exact) mass is 406 g/mol. The molecule has 29 heavy (non-hydrogen) atoms. The number of carbonyl (C=O) groups is 1. The van der Waals surface area contributed by atoms with E-state index in [9.17, 15) is 4.79 Å². The predicted octanol–water partition coefficient (Wildman–Crippen LogP) is 4.91. The minimum Gasteiger partial charge on any atom is -0.465 e.